The van der Waals surface area contributed by atoms with Gasteiger partial charge in [-0.2, -0.15) is 0 Å². The zero-order valence-corrected chi connectivity index (χ0v) is 34.4. The maximum atomic E-state index is 14.7. The Balaban J connectivity index is 1.26. The zero-order chi connectivity index (χ0) is 40.6. The monoisotopic (exact) mass is 908 g/mol. The summed E-state index contributed by atoms with van der Waals surface area (Å²) in [5.41, 5.74) is -1.94. The van der Waals surface area contributed by atoms with E-state index in [0.717, 1.165) is 5.39 Å². The van der Waals surface area contributed by atoms with Crippen molar-refractivity contribution >= 4 is 73.1 Å². The number of H-pyrrole nitrogens is 1. The number of aromatic amines is 1. The van der Waals surface area contributed by atoms with Crippen LogP contribution in [0, 0.1) is 5.41 Å². The summed E-state index contributed by atoms with van der Waals surface area (Å²) in [6.07, 6.45) is 4.86. The third-order valence-electron chi connectivity index (χ3n) is 10.0. The third kappa shape index (κ3) is 8.95. The molecule has 302 valence electrons. The van der Waals surface area contributed by atoms with E-state index in [2.05, 4.69) is 35.6 Å². The quantitative estimate of drug-likeness (QED) is 0.0879. The molecule has 0 spiro atoms. The van der Waals surface area contributed by atoms with Gasteiger partial charge in [0.25, 0.3) is 5.91 Å². The van der Waals surface area contributed by atoms with Gasteiger partial charge in [-0.05, 0) is 54.3 Å². The number of imidazole rings is 1. The van der Waals surface area contributed by atoms with Gasteiger partial charge < -0.3 is 40.0 Å². The number of methoxy groups -OCH3 is 2. The summed E-state index contributed by atoms with van der Waals surface area (Å²) in [4.78, 5) is 81.1. The Morgan fingerprint density at radius 3 is 2.43 bits per heavy atom. The lowest BCUT2D eigenvalue weighted by atomic mass is 9.85. The van der Waals surface area contributed by atoms with Crippen molar-refractivity contribution in [3.8, 4) is 11.6 Å². The van der Waals surface area contributed by atoms with Gasteiger partial charge in [0.1, 0.15) is 35.5 Å². The molecule has 20 heteroatoms. The molecule has 2 aromatic heterocycles. The number of fused-ring (bicyclic) bond motifs is 1. The molecule has 0 radical (unpaired) electrons. The van der Waals surface area contributed by atoms with Gasteiger partial charge >= 0.3 is 12.0 Å². The van der Waals surface area contributed by atoms with Crippen LogP contribution in [0.3, 0.4) is 0 Å². The van der Waals surface area contributed by atoms with E-state index in [1.165, 1.54) is 18.3 Å². The van der Waals surface area contributed by atoms with E-state index in [0.29, 0.717) is 29.7 Å². The summed E-state index contributed by atoms with van der Waals surface area (Å²) < 4.78 is 43.7. The molecule has 0 bridgehead atoms. The van der Waals surface area contributed by atoms with Gasteiger partial charge in [0, 0.05) is 34.5 Å². The molecule has 1 aromatic carbocycles. The van der Waals surface area contributed by atoms with Crippen LogP contribution in [0.25, 0.3) is 10.8 Å². The Labute approximate surface area is 337 Å². The number of nitrogens with one attached hydrogen (secondary N) is 5. The van der Waals surface area contributed by atoms with Crippen molar-refractivity contribution in [2.24, 2.45) is 5.41 Å². The number of nitrogens with zero attached hydrogens (tertiary/aromatic N) is 3. The summed E-state index contributed by atoms with van der Waals surface area (Å²) in [7, 11) is -1.16. The summed E-state index contributed by atoms with van der Waals surface area (Å²) in [6, 6.07) is 2.74. The van der Waals surface area contributed by atoms with E-state index in [1.54, 1.807) is 58.5 Å². The summed E-state index contributed by atoms with van der Waals surface area (Å²) in [6.45, 7) is 5.09. The topological polar surface area (TPSA) is 240 Å². The molecule has 3 aliphatic rings. The zero-order valence-electron chi connectivity index (χ0n) is 31.5. The Kier molecular flexibility index (Phi) is 11.7. The average molecular weight is 909 g/mol. The van der Waals surface area contributed by atoms with Gasteiger partial charge in [-0.1, -0.05) is 43.4 Å². The van der Waals surface area contributed by atoms with E-state index in [4.69, 9.17) is 14.2 Å². The fourth-order valence-corrected chi connectivity index (χ4v) is 9.10. The van der Waals surface area contributed by atoms with Crippen LogP contribution in [0.2, 0.25) is 0 Å². The van der Waals surface area contributed by atoms with Crippen LogP contribution in [-0.4, -0.2) is 118 Å². The smallest absolute Gasteiger partial charge is 0.328 e. The van der Waals surface area contributed by atoms with Crippen LogP contribution in [0.15, 0.2) is 43.0 Å². The predicted octanol–water partition coefficient (Wildman–Crippen LogP) is 1.48. The predicted molar refractivity (Wildman–Crippen MR) is 209 cm³/mol. The van der Waals surface area contributed by atoms with Gasteiger partial charge in [0.05, 0.1) is 38.0 Å². The lowest BCUT2D eigenvalue weighted by Gasteiger charge is -2.35. The van der Waals surface area contributed by atoms with Crippen LogP contribution < -0.4 is 30.1 Å². The molecule has 1 saturated heterocycles. The molecule has 0 unspecified atom stereocenters. The second-order valence-electron chi connectivity index (χ2n) is 15.3. The van der Waals surface area contributed by atoms with E-state index >= 15 is 0 Å². The fraction of sp³-hybridized carbons (Fsp3) is 0.528. The number of likely N-dealkylation sites (tertiary alicyclic amines) is 1. The molecule has 3 heterocycles. The summed E-state index contributed by atoms with van der Waals surface area (Å²) in [5, 5.41) is 8.85. The molecular formula is C36H45IN8O10S. The number of carbonyl (C=O) groups is 5. The average Bonchev–Trinajstić information content (AvgIpc) is 4.00. The Hall–Kier alpha value is -4.73. The lowest BCUT2D eigenvalue weighted by molar-refractivity contribution is -0.142. The lowest BCUT2D eigenvalue weighted by Crippen LogP contribution is -2.61. The first-order chi connectivity index (χ1) is 26.4. The molecular weight excluding hydrogens is 863 g/mol. The fourth-order valence-electron chi connectivity index (χ4n) is 6.60. The number of alkyl halides is 1. The normalized spacial score (nSPS) is 23.0. The van der Waals surface area contributed by atoms with Gasteiger partial charge in [-0.15, -0.1) is 0 Å². The Morgan fingerprint density at radius 2 is 1.82 bits per heavy atom. The van der Waals surface area contributed by atoms with Crippen molar-refractivity contribution < 1.29 is 46.6 Å². The number of pyridine rings is 1. The molecule has 2 aliphatic carbocycles. The SMILES string of the molecule is COC(=O)[C@H](Cc1c[nH]cn1)NC(=O)N[C@H](C(=O)N1C[C@H](Oc2nccc3cc(OC)ccc23)C[C@H]1C(=O)N[C@]1(C(=O)NS(=O)(=O)C2CC2)C[C@H]1I)C(C)(C)C. The Morgan fingerprint density at radius 1 is 1.09 bits per heavy atom. The molecule has 56 heavy (non-hydrogen) atoms. The number of carbonyl (C=O) groups excluding carboxylic acids is 5. The number of ether oxygens (including phenoxy) is 3. The number of hydrogen-bond acceptors (Lipinski definition) is 12. The van der Waals surface area contributed by atoms with E-state index < -0.39 is 84.1 Å². The number of halogens is 1. The van der Waals surface area contributed by atoms with Crippen LogP contribution in [0.4, 0.5) is 4.79 Å². The van der Waals surface area contributed by atoms with E-state index in [-0.39, 0.29) is 31.7 Å². The van der Waals surface area contributed by atoms with Crippen molar-refractivity contribution in [2.45, 2.75) is 91.8 Å². The minimum absolute atomic E-state index is 0.00912. The van der Waals surface area contributed by atoms with Gasteiger partial charge in [-0.3, -0.25) is 19.1 Å². The molecule has 5 amide bonds. The molecule has 5 N–H and O–H groups in total. The molecule has 6 rings (SSSR count). The first-order valence-corrected chi connectivity index (χ1v) is 20.8. The highest BCUT2D eigenvalue weighted by Crippen LogP contribution is 2.44. The number of esters is 1. The van der Waals surface area contributed by atoms with Crippen LogP contribution >= 0.6 is 22.6 Å². The largest absolute Gasteiger partial charge is 0.497 e. The van der Waals surface area contributed by atoms with Crippen molar-refractivity contribution in [3.05, 3.63) is 48.7 Å². The van der Waals surface area contributed by atoms with E-state index in [9.17, 15) is 32.4 Å². The van der Waals surface area contributed by atoms with Crippen LogP contribution in [0.1, 0.15) is 52.1 Å². The summed E-state index contributed by atoms with van der Waals surface area (Å²) in [5.74, 6) is -2.00. The minimum Gasteiger partial charge on any atom is -0.497 e. The van der Waals surface area contributed by atoms with Crippen molar-refractivity contribution in [2.75, 3.05) is 20.8 Å². The van der Waals surface area contributed by atoms with Gasteiger partial charge in [-0.25, -0.2) is 28.0 Å². The number of rotatable bonds is 14. The van der Waals surface area contributed by atoms with Crippen molar-refractivity contribution in [1.29, 1.82) is 0 Å². The number of amides is 5. The van der Waals surface area contributed by atoms with Crippen molar-refractivity contribution in [3.63, 3.8) is 0 Å². The van der Waals surface area contributed by atoms with Crippen LogP contribution in [0.5, 0.6) is 11.6 Å². The molecule has 6 atom stereocenters. The highest BCUT2D eigenvalue weighted by Gasteiger charge is 2.62. The van der Waals surface area contributed by atoms with E-state index in [1.807, 2.05) is 28.7 Å². The molecule has 3 fully saturated rings. The molecule has 1 aliphatic heterocycles. The molecule has 3 aromatic rings. The van der Waals surface area contributed by atoms with Gasteiger partial charge in [0.2, 0.25) is 27.7 Å². The molecule has 18 nitrogen and oxygen atoms in total. The van der Waals surface area contributed by atoms with Crippen molar-refractivity contribution in [1.82, 2.24) is 40.5 Å². The standard InChI is InChI=1S/C36H45IN8O10S/c1-35(2,3)28(42-34(50)41-25(32(48)54-5)13-20-16-38-18-40-20)31(47)45-17-22(55-30-24-9-6-21(53-4)12-19(24)10-11-39-30)14-26(45)29(46)43-36(15-27(36)37)33(49)44-56(51,52)23-7-8-23/h6,9-12,16,18,22-23,25-28H,7-8,13-15,17H2,1-5H3,(H,38,40)(H,43,46)(H,44,49)(H2,41,42,50)/t22-,25+,26+,27-,28-,36-/m1/s1. The number of hydrogen-bond donors (Lipinski definition) is 5. The molecule has 2 saturated carbocycles. The first kappa shape index (κ1) is 40.9. The third-order valence-corrected chi connectivity index (χ3v) is 13.4. The van der Waals surface area contributed by atoms with Gasteiger partial charge in [0.15, 0.2) is 0 Å². The number of urea groups is 1. The first-order valence-electron chi connectivity index (χ1n) is 18.0. The number of benzene rings is 1. The second kappa shape index (κ2) is 16.0. The van der Waals surface area contributed by atoms with Crippen LogP contribution in [-0.2, 0) is 40.4 Å². The maximum Gasteiger partial charge on any atom is 0.328 e. The highest BCUT2D eigenvalue weighted by atomic mass is 127. The number of sulfonamides is 1. The number of aromatic nitrogens is 3. The summed E-state index contributed by atoms with van der Waals surface area (Å²) >= 11 is 1.99. The highest BCUT2D eigenvalue weighted by molar-refractivity contribution is 14.1. The maximum absolute atomic E-state index is 14.7. The second-order valence-corrected chi connectivity index (χ2v) is 18.7. The minimum atomic E-state index is -3.90. The Bertz CT molecular complexity index is 2110.